The largest absolute Gasteiger partial charge is 0.306 e. The van der Waals surface area contributed by atoms with Gasteiger partial charge >= 0.3 is 0 Å². The third kappa shape index (κ3) is 9.52. The van der Waals surface area contributed by atoms with Crippen molar-refractivity contribution < 1.29 is 0 Å². The summed E-state index contributed by atoms with van der Waals surface area (Å²) in [6, 6.07) is 0. The fourth-order valence-corrected chi connectivity index (χ4v) is 0.843. The Morgan fingerprint density at radius 1 is 1.27 bits per heavy atom. The summed E-state index contributed by atoms with van der Waals surface area (Å²) in [4.78, 5) is 0. The van der Waals surface area contributed by atoms with Gasteiger partial charge in [-0.1, -0.05) is 32.1 Å². The zero-order valence-corrected chi connectivity index (χ0v) is 7.45. The summed E-state index contributed by atoms with van der Waals surface area (Å²) in [7, 11) is 0. The molecule has 0 heterocycles. The summed E-state index contributed by atoms with van der Waals surface area (Å²) in [6.45, 7) is 7.58. The van der Waals surface area contributed by atoms with Crippen molar-refractivity contribution in [1.29, 1.82) is 0 Å². The summed E-state index contributed by atoms with van der Waals surface area (Å²) in [5, 5.41) is 3.25. The standard InChI is InChI=1S/C10H18N/c1-3-5-7-8-10-11-9-6-4-2/h11H,1,3,5,7-10H2,2H3. The second kappa shape index (κ2) is 9.52. The molecule has 11 heavy (non-hydrogen) atoms. The summed E-state index contributed by atoms with van der Waals surface area (Å²) in [6.07, 6.45) is 4.85. The Kier molecular flexibility index (Phi) is 9.10. The Labute approximate surface area is 70.6 Å². The minimum absolute atomic E-state index is 0.834. The predicted molar refractivity (Wildman–Crippen MR) is 50.1 cm³/mol. The minimum atomic E-state index is 0.834. The highest BCUT2D eigenvalue weighted by atomic mass is 14.8. The van der Waals surface area contributed by atoms with E-state index in [0.717, 1.165) is 19.5 Å². The fourth-order valence-electron chi connectivity index (χ4n) is 0.843. The van der Waals surface area contributed by atoms with Gasteiger partial charge in [0.2, 0.25) is 0 Å². The van der Waals surface area contributed by atoms with Crippen LogP contribution in [-0.4, -0.2) is 13.1 Å². The van der Waals surface area contributed by atoms with Crippen molar-refractivity contribution in [2.45, 2.75) is 32.6 Å². The quantitative estimate of drug-likeness (QED) is 0.453. The van der Waals surface area contributed by atoms with Crippen molar-refractivity contribution in [2.24, 2.45) is 0 Å². The Morgan fingerprint density at radius 3 is 2.73 bits per heavy atom. The second-order valence-corrected chi connectivity index (χ2v) is 2.52. The van der Waals surface area contributed by atoms with Crippen LogP contribution in [0.5, 0.6) is 0 Å². The van der Waals surface area contributed by atoms with E-state index in [1.54, 1.807) is 0 Å². The number of nitrogens with one attached hydrogen (secondary N) is 1. The van der Waals surface area contributed by atoms with Crippen LogP contribution in [0.2, 0.25) is 0 Å². The number of hydrogen-bond donors (Lipinski definition) is 1. The van der Waals surface area contributed by atoms with Crippen LogP contribution in [0, 0.1) is 18.8 Å². The molecule has 0 aromatic rings. The maximum absolute atomic E-state index is 3.79. The molecular weight excluding hydrogens is 134 g/mol. The van der Waals surface area contributed by atoms with Crippen molar-refractivity contribution in [3.05, 3.63) is 6.92 Å². The van der Waals surface area contributed by atoms with Crippen molar-refractivity contribution in [2.75, 3.05) is 13.1 Å². The SMILES string of the molecule is [CH2]CCCCCNCC#CC. The molecule has 63 valence electrons. The van der Waals surface area contributed by atoms with E-state index < -0.39 is 0 Å². The van der Waals surface area contributed by atoms with Gasteiger partial charge in [-0.05, 0) is 19.9 Å². The lowest BCUT2D eigenvalue weighted by Gasteiger charge is -1.98. The Balaban J connectivity index is 2.83. The summed E-state index contributed by atoms with van der Waals surface area (Å²) in [5.74, 6) is 5.81. The van der Waals surface area contributed by atoms with Crippen molar-refractivity contribution in [3.8, 4) is 11.8 Å². The van der Waals surface area contributed by atoms with Gasteiger partial charge in [0.05, 0.1) is 6.54 Å². The first-order valence-corrected chi connectivity index (χ1v) is 4.31. The van der Waals surface area contributed by atoms with Gasteiger partial charge in [-0.25, -0.2) is 0 Å². The van der Waals surface area contributed by atoms with E-state index in [1.165, 1.54) is 19.3 Å². The van der Waals surface area contributed by atoms with Gasteiger partial charge in [-0.2, -0.15) is 0 Å². The molecule has 0 unspecified atom stereocenters. The third-order valence-electron chi connectivity index (χ3n) is 1.49. The van der Waals surface area contributed by atoms with Gasteiger partial charge in [-0.3, -0.25) is 0 Å². The average molecular weight is 152 g/mol. The maximum Gasteiger partial charge on any atom is 0.0576 e. The molecule has 0 saturated heterocycles. The van der Waals surface area contributed by atoms with Crippen LogP contribution in [-0.2, 0) is 0 Å². The lowest BCUT2D eigenvalue weighted by atomic mass is 10.2. The van der Waals surface area contributed by atoms with Gasteiger partial charge in [0.25, 0.3) is 0 Å². The molecule has 0 aromatic carbocycles. The van der Waals surface area contributed by atoms with Crippen LogP contribution < -0.4 is 5.32 Å². The van der Waals surface area contributed by atoms with Crippen molar-refractivity contribution in [1.82, 2.24) is 5.32 Å². The first-order valence-electron chi connectivity index (χ1n) is 4.31. The smallest absolute Gasteiger partial charge is 0.0576 e. The molecule has 1 nitrogen and oxygen atoms in total. The molecule has 0 aliphatic heterocycles. The molecule has 0 aromatic heterocycles. The molecule has 0 bridgehead atoms. The Morgan fingerprint density at radius 2 is 2.09 bits per heavy atom. The predicted octanol–water partition coefficient (Wildman–Crippen LogP) is 1.99. The first kappa shape index (κ1) is 10.5. The molecule has 1 radical (unpaired) electrons. The molecule has 0 amide bonds. The van der Waals surface area contributed by atoms with Crippen LogP contribution in [0.3, 0.4) is 0 Å². The van der Waals surface area contributed by atoms with Gasteiger partial charge in [0.1, 0.15) is 0 Å². The van der Waals surface area contributed by atoms with E-state index in [1.807, 2.05) is 6.92 Å². The van der Waals surface area contributed by atoms with E-state index in [0.29, 0.717) is 0 Å². The van der Waals surface area contributed by atoms with E-state index in [9.17, 15) is 0 Å². The van der Waals surface area contributed by atoms with Crippen LogP contribution in [0.1, 0.15) is 32.6 Å². The molecular formula is C10H18N. The minimum Gasteiger partial charge on any atom is -0.306 e. The van der Waals surface area contributed by atoms with Crippen LogP contribution in [0.15, 0.2) is 0 Å². The lowest BCUT2D eigenvalue weighted by molar-refractivity contribution is 0.634. The Bertz CT molecular complexity index is 119. The molecule has 0 fully saturated rings. The van der Waals surface area contributed by atoms with Gasteiger partial charge in [0, 0.05) is 0 Å². The van der Waals surface area contributed by atoms with E-state index in [4.69, 9.17) is 0 Å². The van der Waals surface area contributed by atoms with Gasteiger partial charge in [0.15, 0.2) is 0 Å². The van der Waals surface area contributed by atoms with Crippen molar-refractivity contribution in [3.63, 3.8) is 0 Å². The van der Waals surface area contributed by atoms with Crippen LogP contribution >= 0.6 is 0 Å². The van der Waals surface area contributed by atoms with E-state index in [-0.39, 0.29) is 0 Å². The highest BCUT2D eigenvalue weighted by Gasteiger charge is 1.85. The molecule has 0 saturated carbocycles. The molecule has 0 spiro atoms. The highest BCUT2D eigenvalue weighted by Crippen LogP contribution is 1.96. The Hall–Kier alpha value is -0.480. The molecule has 0 rings (SSSR count). The monoisotopic (exact) mass is 152 g/mol. The lowest BCUT2D eigenvalue weighted by Crippen LogP contribution is -2.15. The van der Waals surface area contributed by atoms with E-state index in [2.05, 4.69) is 24.1 Å². The number of hydrogen-bond acceptors (Lipinski definition) is 1. The summed E-state index contributed by atoms with van der Waals surface area (Å²) < 4.78 is 0. The zero-order valence-electron chi connectivity index (χ0n) is 7.45. The van der Waals surface area contributed by atoms with Crippen LogP contribution in [0.25, 0.3) is 0 Å². The number of rotatable bonds is 6. The first-order chi connectivity index (χ1) is 5.41. The normalized spacial score (nSPS) is 8.91. The molecule has 1 N–H and O–H groups in total. The molecule has 0 aliphatic carbocycles. The number of unbranched alkanes of at least 4 members (excludes halogenated alkanes) is 3. The second-order valence-electron chi connectivity index (χ2n) is 2.52. The topological polar surface area (TPSA) is 12.0 Å². The summed E-state index contributed by atoms with van der Waals surface area (Å²) >= 11 is 0. The molecule has 0 atom stereocenters. The highest BCUT2D eigenvalue weighted by molar-refractivity contribution is 4.96. The zero-order chi connectivity index (χ0) is 8.36. The average Bonchev–Trinajstić information content (AvgIpc) is 2.03. The van der Waals surface area contributed by atoms with Crippen LogP contribution in [0.4, 0.5) is 0 Å². The van der Waals surface area contributed by atoms with Gasteiger partial charge < -0.3 is 5.32 Å². The van der Waals surface area contributed by atoms with Crippen molar-refractivity contribution >= 4 is 0 Å². The third-order valence-corrected chi connectivity index (χ3v) is 1.49. The molecule has 0 aliphatic rings. The maximum atomic E-state index is 3.79. The molecule has 1 heteroatoms. The van der Waals surface area contributed by atoms with E-state index >= 15 is 0 Å². The fraction of sp³-hybridized carbons (Fsp3) is 0.700. The van der Waals surface area contributed by atoms with Gasteiger partial charge in [-0.15, -0.1) is 5.92 Å². The summed E-state index contributed by atoms with van der Waals surface area (Å²) in [5.41, 5.74) is 0.